The molecular weight excluding hydrogens is 270 g/mol. The highest BCUT2D eigenvalue weighted by Crippen LogP contribution is 2.48. The third-order valence-corrected chi connectivity index (χ3v) is 3.62. The van der Waals surface area contributed by atoms with Gasteiger partial charge in [0.05, 0.1) is 0 Å². The van der Waals surface area contributed by atoms with Crippen molar-refractivity contribution in [3.05, 3.63) is 42.5 Å². The van der Waals surface area contributed by atoms with E-state index in [2.05, 4.69) is 10.1 Å². The fourth-order valence-corrected chi connectivity index (χ4v) is 2.60. The zero-order valence-electron chi connectivity index (χ0n) is 12.1. The highest BCUT2D eigenvalue weighted by molar-refractivity contribution is 5.91. The van der Waals surface area contributed by atoms with Crippen LogP contribution in [0.2, 0.25) is 0 Å². The van der Waals surface area contributed by atoms with Crippen LogP contribution in [0.4, 0.5) is 0 Å². The molecule has 0 saturated carbocycles. The molecule has 1 aliphatic heterocycles. The van der Waals surface area contributed by atoms with E-state index < -0.39 is 17.2 Å². The molecule has 110 valence electrons. The Labute approximate surface area is 122 Å². The smallest absolute Gasteiger partial charge is 0.292 e. The zero-order valence-corrected chi connectivity index (χ0v) is 12.1. The Morgan fingerprint density at radius 3 is 2.67 bits per heavy atom. The Morgan fingerprint density at radius 2 is 2.10 bits per heavy atom. The fourth-order valence-electron chi connectivity index (χ4n) is 2.60. The number of aliphatic hydroxyl groups excluding tert-OH is 1. The second kappa shape index (κ2) is 4.39. The number of fused-ring (bicyclic) bond motifs is 1. The van der Waals surface area contributed by atoms with Gasteiger partial charge in [-0.25, -0.2) is 9.67 Å². The molecule has 0 aliphatic carbocycles. The molecule has 0 radical (unpaired) electrons. The van der Waals surface area contributed by atoms with Crippen LogP contribution >= 0.6 is 0 Å². The summed E-state index contributed by atoms with van der Waals surface area (Å²) in [7, 11) is 0. The van der Waals surface area contributed by atoms with E-state index in [1.165, 1.54) is 17.3 Å². The number of ketones is 1. The Balaban J connectivity index is 2.20. The van der Waals surface area contributed by atoms with Gasteiger partial charge in [0.2, 0.25) is 5.78 Å². The van der Waals surface area contributed by atoms with Gasteiger partial charge in [0.25, 0.3) is 5.72 Å². The van der Waals surface area contributed by atoms with Crippen LogP contribution in [0, 0.1) is 5.41 Å². The van der Waals surface area contributed by atoms with Crippen molar-refractivity contribution in [1.29, 1.82) is 0 Å². The molecule has 1 aromatic carbocycles. The van der Waals surface area contributed by atoms with Crippen molar-refractivity contribution in [2.45, 2.75) is 32.6 Å². The van der Waals surface area contributed by atoms with E-state index in [9.17, 15) is 9.90 Å². The minimum Gasteiger partial charge on any atom is -0.455 e. The molecular formula is C15H17N3O3. The second-order valence-electron chi connectivity index (χ2n) is 6.16. The molecule has 2 heterocycles. The molecule has 0 saturated heterocycles. The van der Waals surface area contributed by atoms with Crippen LogP contribution in [-0.4, -0.2) is 25.7 Å². The van der Waals surface area contributed by atoms with Crippen LogP contribution < -0.4 is 4.74 Å². The van der Waals surface area contributed by atoms with Crippen LogP contribution in [-0.2, 0) is 10.5 Å². The highest BCUT2D eigenvalue weighted by Gasteiger charge is 2.58. The zero-order chi connectivity index (χ0) is 15.3. The second-order valence-corrected chi connectivity index (χ2v) is 6.16. The number of hydrogen-bond donors (Lipinski definition) is 1. The van der Waals surface area contributed by atoms with Crippen LogP contribution in [0.3, 0.4) is 0 Å². The van der Waals surface area contributed by atoms with E-state index in [4.69, 9.17) is 4.74 Å². The van der Waals surface area contributed by atoms with Crippen molar-refractivity contribution in [3.8, 4) is 5.75 Å². The van der Waals surface area contributed by atoms with E-state index in [0.717, 1.165) is 0 Å². The van der Waals surface area contributed by atoms with Crippen molar-refractivity contribution >= 4 is 5.78 Å². The summed E-state index contributed by atoms with van der Waals surface area (Å²) in [6.07, 6.45) is 1.57. The number of aromatic nitrogens is 3. The highest BCUT2D eigenvalue weighted by atomic mass is 16.5. The lowest BCUT2D eigenvalue weighted by Crippen LogP contribution is -2.53. The number of Topliss-reactive ketones (excluding diaryl/α,β-unsaturated/α-hetero) is 1. The summed E-state index contributed by atoms with van der Waals surface area (Å²) >= 11 is 0. The maximum Gasteiger partial charge on any atom is 0.292 e. The number of hydrogen-bond acceptors (Lipinski definition) is 5. The Hall–Kier alpha value is -2.21. The predicted octanol–water partition coefficient (Wildman–Crippen LogP) is 1.67. The molecule has 0 spiro atoms. The monoisotopic (exact) mass is 287 g/mol. The first-order valence-corrected chi connectivity index (χ1v) is 6.73. The number of rotatable bonds is 2. The van der Waals surface area contributed by atoms with Gasteiger partial charge in [0, 0.05) is 11.0 Å². The third kappa shape index (κ3) is 1.86. The molecule has 0 amide bonds. The van der Waals surface area contributed by atoms with Crippen molar-refractivity contribution in [2.75, 3.05) is 0 Å². The number of carbonyl (C=O) groups is 1. The first-order chi connectivity index (χ1) is 9.87. The summed E-state index contributed by atoms with van der Waals surface area (Å²) in [5, 5.41) is 14.8. The number of carbonyl (C=O) groups excluding carboxylic acids is 1. The molecule has 2 atom stereocenters. The van der Waals surface area contributed by atoms with E-state index in [0.29, 0.717) is 11.3 Å². The molecule has 0 fully saturated rings. The average Bonchev–Trinajstić information content (AvgIpc) is 3.05. The maximum absolute atomic E-state index is 13.0. The van der Waals surface area contributed by atoms with E-state index in [1.807, 2.05) is 0 Å². The summed E-state index contributed by atoms with van der Waals surface area (Å²) in [6, 6.07) is 7.07. The predicted molar refractivity (Wildman–Crippen MR) is 74.5 cm³/mol. The van der Waals surface area contributed by atoms with Crippen molar-refractivity contribution in [1.82, 2.24) is 14.8 Å². The Morgan fingerprint density at radius 1 is 1.38 bits per heavy atom. The van der Waals surface area contributed by atoms with E-state index in [-0.39, 0.29) is 5.78 Å². The number of para-hydroxylation sites is 1. The first-order valence-electron chi connectivity index (χ1n) is 6.73. The lowest BCUT2D eigenvalue weighted by molar-refractivity contribution is -0.167. The van der Waals surface area contributed by atoms with Gasteiger partial charge in [-0.05, 0) is 6.07 Å². The van der Waals surface area contributed by atoms with Gasteiger partial charge < -0.3 is 9.84 Å². The largest absolute Gasteiger partial charge is 0.455 e. The van der Waals surface area contributed by atoms with Gasteiger partial charge in [-0.15, -0.1) is 0 Å². The van der Waals surface area contributed by atoms with Crippen molar-refractivity contribution < 1.29 is 14.6 Å². The van der Waals surface area contributed by atoms with Crippen molar-refractivity contribution in [3.63, 3.8) is 0 Å². The van der Waals surface area contributed by atoms with E-state index >= 15 is 0 Å². The summed E-state index contributed by atoms with van der Waals surface area (Å²) in [6.45, 7) is 5.35. The molecule has 1 aromatic heterocycles. The topological polar surface area (TPSA) is 77.2 Å². The van der Waals surface area contributed by atoms with Crippen LogP contribution in [0.25, 0.3) is 0 Å². The standard InChI is InChI=1S/C15H17N3O3/c1-14(2,3)13(20)15(18-9-16-8-17-18)12(19)10-6-4-5-7-11(10)21-15/h4-9,12,19H,1-3H3. The normalized spacial score (nSPS) is 24.5. The number of aliphatic hydroxyl groups is 1. The number of nitrogens with zero attached hydrogens (tertiary/aromatic N) is 3. The number of benzene rings is 1. The van der Waals surface area contributed by atoms with E-state index in [1.54, 1.807) is 45.0 Å². The van der Waals surface area contributed by atoms with Gasteiger partial charge in [-0.1, -0.05) is 39.0 Å². The molecule has 1 aliphatic rings. The molecule has 0 bridgehead atoms. The fraction of sp³-hybridized carbons (Fsp3) is 0.400. The van der Waals surface area contributed by atoms with Crippen molar-refractivity contribution in [2.24, 2.45) is 5.41 Å². The van der Waals surface area contributed by atoms with Crippen LogP contribution in [0.5, 0.6) is 5.75 Å². The van der Waals surface area contributed by atoms with Gasteiger partial charge >= 0.3 is 0 Å². The molecule has 3 rings (SSSR count). The Kier molecular flexibility index (Phi) is 2.88. The molecule has 6 nitrogen and oxygen atoms in total. The first kappa shape index (κ1) is 13.8. The number of ether oxygens (including phenoxy) is 1. The summed E-state index contributed by atoms with van der Waals surface area (Å²) in [5.74, 6) is 0.224. The van der Waals surface area contributed by atoms with Gasteiger partial charge in [-0.2, -0.15) is 5.10 Å². The summed E-state index contributed by atoms with van der Waals surface area (Å²) in [4.78, 5) is 16.9. The lowest BCUT2D eigenvalue weighted by atomic mass is 9.81. The maximum atomic E-state index is 13.0. The Bertz CT molecular complexity index is 676. The van der Waals surface area contributed by atoms with Crippen LogP contribution in [0.1, 0.15) is 32.4 Å². The summed E-state index contributed by atoms with van der Waals surface area (Å²) < 4.78 is 7.20. The summed E-state index contributed by atoms with van der Waals surface area (Å²) in [5.41, 5.74) is -1.75. The minimum absolute atomic E-state index is 0.260. The molecule has 6 heteroatoms. The quantitative estimate of drug-likeness (QED) is 0.909. The van der Waals surface area contributed by atoms with Gasteiger partial charge in [-0.3, -0.25) is 4.79 Å². The molecule has 2 unspecified atom stereocenters. The average molecular weight is 287 g/mol. The third-order valence-electron chi connectivity index (χ3n) is 3.62. The molecule has 2 aromatic rings. The lowest BCUT2D eigenvalue weighted by Gasteiger charge is -2.35. The SMILES string of the molecule is CC(C)(C)C(=O)C1(n2cncn2)Oc2ccccc2C1O. The minimum atomic E-state index is -1.61. The molecule has 1 N–H and O–H groups in total. The van der Waals surface area contributed by atoms with Crippen LogP contribution in [0.15, 0.2) is 36.9 Å². The van der Waals surface area contributed by atoms with Gasteiger partial charge in [0.1, 0.15) is 18.4 Å². The molecule has 21 heavy (non-hydrogen) atoms. The van der Waals surface area contributed by atoms with Gasteiger partial charge in [0.15, 0.2) is 6.10 Å².